The van der Waals surface area contributed by atoms with Crippen LogP contribution in [0.3, 0.4) is 0 Å². The van der Waals surface area contributed by atoms with Crippen molar-refractivity contribution < 1.29 is 23.9 Å². The number of carbonyl (C=O) groups is 4. The zero-order chi connectivity index (χ0) is 16.7. The van der Waals surface area contributed by atoms with E-state index in [2.05, 4.69) is 0 Å². The van der Waals surface area contributed by atoms with Crippen LogP contribution in [-0.2, 0) is 14.3 Å². The van der Waals surface area contributed by atoms with Gasteiger partial charge in [-0.3, -0.25) is 14.9 Å². The van der Waals surface area contributed by atoms with E-state index in [1.165, 1.54) is 13.0 Å². The molecule has 5 N–H and O–H groups in total. The normalized spacial score (nSPS) is 11.3. The lowest BCUT2D eigenvalue weighted by Gasteiger charge is -2.13. The number of nitrogens with two attached hydrogens (primary N) is 2. The van der Waals surface area contributed by atoms with Crippen molar-refractivity contribution in [2.75, 3.05) is 5.75 Å². The van der Waals surface area contributed by atoms with Crippen molar-refractivity contribution in [2.45, 2.75) is 17.9 Å². The number of ether oxygens (including phenoxy) is 1. The number of primary amides is 2. The van der Waals surface area contributed by atoms with Crippen molar-refractivity contribution in [1.82, 2.24) is 5.32 Å². The molecular formula is C13H15N3O5S. The van der Waals surface area contributed by atoms with Crippen LogP contribution in [0.4, 0.5) is 4.79 Å². The average Bonchev–Trinajstić information content (AvgIpc) is 2.44. The van der Waals surface area contributed by atoms with E-state index in [-0.39, 0.29) is 11.3 Å². The molecule has 0 saturated heterocycles. The quantitative estimate of drug-likeness (QED) is 0.496. The second-order valence-corrected chi connectivity index (χ2v) is 5.17. The summed E-state index contributed by atoms with van der Waals surface area (Å²) in [4.78, 5) is 45.4. The number of imide groups is 1. The molecule has 0 aliphatic heterocycles. The summed E-state index contributed by atoms with van der Waals surface area (Å²) < 4.78 is 4.96. The molecule has 0 aliphatic rings. The van der Waals surface area contributed by atoms with Crippen molar-refractivity contribution in [3.8, 4) is 0 Å². The van der Waals surface area contributed by atoms with E-state index >= 15 is 0 Å². The van der Waals surface area contributed by atoms with Gasteiger partial charge in [0.05, 0.1) is 11.3 Å². The van der Waals surface area contributed by atoms with E-state index in [9.17, 15) is 19.2 Å². The van der Waals surface area contributed by atoms with Gasteiger partial charge in [-0.2, -0.15) is 0 Å². The lowest BCUT2D eigenvalue weighted by atomic mass is 10.2. The maximum atomic E-state index is 12.1. The second kappa shape index (κ2) is 8.03. The van der Waals surface area contributed by atoms with Crippen molar-refractivity contribution in [2.24, 2.45) is 11.5 Å². The molecule has 22 heavy (non-hydrogen) atoms. The van der Waals surface area contributed by atoms with Gasteiger partial charge in [0, 0.05) is 4.90 Å². The van der Waals surface area contributed by atoms with Crippen LogP contribution in [0.2, 0.25) is 0 Å². The minimum absolute atomic E-state index is 0.00199. The van der Waals surface area contributed by atoms with Crippen LogP contribution in [0.1, 0.15) is 17.3 Å². The largest absolute Gasteiger partial charge is 0.449 e. The van der Waals surface area contributed by atoms with Gasteiger partial charge in [0.1, 0.15) is 0 Å². The van der Waals surface area contributed by atoms with E-state index in [1.54, 1.807) is 18.2 Å². The molecule has 1 atom stereocenters. The summed E-state index contributed by atoms with van der Waals surface area (Å²) >= 11 is 1.08. The van der Waals surface area contributed by atoms with Crippen LogP contribution in [0.5, 0.6) is 0 Å². The number of hydrogen-bond acceptors (Lipinski definition) is 6. The Labute approximate surface area is 130 Å². The first-order valence-corrected chi connectivity index (χ1v) is 7.11. The molecule has 0 spiro atoms. The van der Waals surface area contributed by atoms with Crippen LogP contribution in [0.25, 0.3) is 0 Å². The third kappa shape index (κ3) is 5.44. The highest BCUT2D eigenvalue weighted by atomic mass is 32.2. The van der Waals surface area contributed by atoms with Gasteiger partial charge >= 0.3 is 12.0 Å². The van der Waals surface area contributed by atoms with Gasteiger partial charge < -0.3 is 16.2 Å². The average molecular weight is 325 g/mol. The van der Waals surface area contributed by atoms with Gasteiger partial charge in [0.25, 0.3) is 5.91 Å². The fourth-order valence-electron chi connectivity index (χ4n) is 1.41. The van der Waals surface area contributed by atoms with Gasteiger partial charge in [-0.05, 0) is 19.1 Å². The smallest absolute Gasteiger partial charge is 0.340 e. The zero-order valence-corrected chi connectivity index (χ0v) is 12.5. The highest BCUT2D eigenvalue weighted by molar-refractivity contribution is 8.00. The third-order valence-electron chi connectivity index (χ3n) is 2.38. The van der Waals surface area contributed by atoms with E-state index in [0.717, 1.165) is 11.8 Å². The third-order valence-corrected chi connectivity index (χ3v) is 3.47. The number of rotatable bonds is 6. The van der Waals surface area contributed by atoms with Crippen LogP contribution in [-0.4, -0.2) is 35.7 Å². The Kier molecular flexibility index (Phi) is 6.39. The first-order chi connectivity index (χ1) is 10.3. The Bertz CT molecular complexity index is 605. The first kappa shape index (κ1) is 17.5. The summed E-state index contributed by atoms with van der Waals surface area (Å²) in [5.74, 6) is -2.12. The van der Waals surface area contributed by atoms with Crippen LogP contribution >= 0.6 is 11.8 Å². The van der Waals surface area contributed by atoms with Gasteiger partial charge in [-0.15, -0.1) is 11.8 Å². The maximum Gasteiger partial charge on any atom is 0.340 e. The minimum Gasteiger partial charge on any atom is -0.449 e. The highest BCUT2D eigenvalue weighted by Crippen LogP contribution is 2.23. The monoisotopic (exact) mass is 325 g/mol. The molecule has 0 radical (unpaired) electrons. The molecule has 9 heteroatoms. The SMILES string of the molecule is CC(OC(=O)c1ccccc1SCC(N)=O)C(=O)NC(N)=O. The second-order valence-electron chi connectivity index (χ2n) is 4.15. The summed E-state index contributed by atoms with van der Waals surface area (Å²) in [5, 5.41) is 1.81. The fraction of sp³-hybridized carbons (Fsp3) is 0.231. The van der Waals surface area contributed by atoms with Gasteiger partial charge in [0.2, 0.25) is 5.91 Å². The lowest BCUT2D eigenvalue weighted by Crippen LogP contribution is -2.42. The van der Waals surface area contributed by atoms with Crippen LogP contribution < -0.4 is 16.8 Å². The lowest BCUT2D eigenvalue weighted by molar-refractivity contribution is -0.127. The number of amides is 4. The summed E-state index contributed by atoms with van der Waals surface area (Å²) in [6.45, 7) is 1.30. The predicted octanol–water partition coefficient (Wildman–Crippen LogP) is 0.00420. The number of nitrogens with one attached hydrogen (secondary N) is 1. The minimum atomic E-state index is -1.20. The van der Waals surface area contributed by atoms with E-state index < -0.39 is 29.9 Å². The van der Waals surface area contributed by atoms with Crippen molar-refractivity contribution in [3.63, 3.8) is 0 Å². The standard InChI is InChI=1S/C13H15N3O5S/c1-7(11(18)16-13(15)20)21-12(19)8-4-2-3-5-9(8)22-6-10(14)17/h2-5,7H,6H2,1H3,(H2,14,17)(H3,15,16,18,20). The Morgan fingerprint density at radius 1 is 1.23 bits per heavy atom. The summed E-state index contributed by atoms with van der Waals surface area (Å²) in [7, 11) is 0. The zero-order valence-electron chi connectivity index (χ0n) is 11.7. The predicted molar refractivity (Wildman–Crippen MR) is 79.0 cm³/mol. The van der Waals surface area contributed by atoms with Crippen LogP contribution in [0, 0.1) is 0 Å². The summed E-state index contributed by atoms with van der Waals surface area (Å²) in [6.07, 6.45) is -1.20. The molecule has 0 saturated carbocycles. The number of hydrogen-bond donors (Lipinski definition) is 3. The maximum absolute atomic E-state index is 12.1. The van der Waals surface area contributed by atoms with E-state index in [1.807, 2.05) is 5.32 Å². The van der Waals surface area contributed by atoms with Gasteiger partial charge in [-0.25, -0.2) is 9.59 Å². The Balaban J connectivity index is 2.78. The van der Waals surface area contributed by atoms with E-state index in [4.69, 9.17) is 16.2 Å². The number of thioether (sulfide) groups is 1. The Hall–Kier alpha value is -2.55. The van der Waals surface area contributed by atoms with Gasteiger partial charge in [0.15, 0.2) is 6.10 Å². The molecule has 118 valence electrons. The molecule has 8 nitrogen and oxygen atoms in total. The number of benzene rings is 1. The number of carbonyl (C=O) groups excluding carboxylic acids is 4. The molecule has 1 rings (SSSR count). The van der Waals surface area contributed by atoms with Crippen molar-refractivity contribution in [3.05, 3.63) is 29.8 Å². The Morgan fingerprint density at radius 2 is 1.86 bits per heavy atom. The molecule has 4 amide bonds. The summed E-state index contributed by atoms with van der Waals surface area (Å²) in [6, 6.07) is 5.37. The fourth-order valence-corrected chi connectivity index (χ4v) is 2.19. The van der Waals surface area contributed by atoms with E-state index in [0.29, 0.717) is 4.90 Å². The Morgan fingerprint density at radius 3 is 2.45 bits per heavy atom. The highest BCUT2D eigenvalue weighted by Gasteiger charge is 2.21. The molecule has 1 aromatic carbocycles. The molecule has 1 unspecified atom stereocenters. The molecule has 0 bridgehead atoms. The number of urea groups is 1. The van der Waals surface area contributed by atoms with Crippen molar-refractivity contribution >= 4 is 35.6 Å². The first-order valence-electron chi connectivity index (χ1n) is 6.12. The molecular weight excluding hydrogens is 310 g/mol. The van der Waals surface area contributed by atoms with Crippen LogP contribution in [0.15, 0.2) is 29.2 Å². The summed E-state index contributed by atoms with van der Waals surface area (Å²) in [5.41, 5.74) is 10.1. The van der Waals surface area contributed by atoms with Gasteiger partial charge in [-0.1, -0.05) is 12.1 Å². The number of esters is 1. The topological polar surface area (TPSA) is 142 Å². The van der Waals surface area contributed by atoms with Crippen molar-refractivity contribution in [1.29, 1.82) is 0 Å². The molecule has 0 aliphatic carbocycles. The molecule has 0 aromatic heterocycles. The molecule has 1 aromatic rings. The molecule has 0 heterocycles. The molecule has 0 fully saturated rings.